The fourth-order valence-electron chi connectivity index (χ4n) is 2.75. The van der Waals surface area contributed by atoms with E-state index in [9.17, 15) is 28.8 Å². The van der Waals surface area contributed by atoms with E-state index < -0.39 is 78.5 Å². The predicted octanol–water partition coefficient (Wildman–Crippen LogP) is 2.59. The summed E-state index contributed by atoms with van der Waals surface area (Å²) in [6.07, 6.45) is -7.48. The number of amides is 1. The van der Waals surface area contributed by atoms with E-state index in [-0.39, 0.29) is 6.61 Å². The summed E-state index contributed by atoms with van der Waals surface area (Å²) in [4.78, 5) is 75.2. The Morgan fingerprint density at radius 3 is 1.72 bits per heavy atom. The van der Waals surface area contributed by atoms with Gasteiger partial charge < -0.3 is 28.4 Å². The number of carbonyl (C=O) groups excluding carboxylic acids is 6. The highest BCUT2D eigenvalue weighted by Gasteiger charge is 2.47. The van der Waals surface area contributed by atoms with E-state index >= 15 is 0 Å². The largest absolute Gasteiger partial charge is 0.462 e. The molecule has 5 atom stereocenters. The first kappa shape index (κ1) is 34.9. The molecule has 0 unspecified atom stereocenters. The Labute approximate surface area is 226 Å². The van der Waals surface area contributed by atoms with Gasteiger partial charge in [0.15, 0.2) is 18.3 Å². The van der Waals surface area contributed by atoms with Gasteiger partial charge in [-0.15, -0.1) is 0 Å². The monoisotopic (exact) mass is 558 g/mol. The van der Waals surface area contributed by atoms with Crippen LogP contribution in [0.2, 0.25) is 0 Å². The molecule has 1 amide bonds. The van der Waals surface area contributed by atoms with E-state index in [4.69, 9.17) is 28.4 Å². The van der Waals surface area contributed by atoms with Crippen molar-refractivity contribution in [1.82, 2.24) is 0 Å². The molecule has 0 rings (SSSR count). The maximum absolute atomic E-state index is 12.1. The number of hydrogen-bond acceptors (Lipinski definition) is 13. The van der Waals surface area contributed by atoms with Crippen LogP contribution in [0.1, 0.15) is 62.3 Å². The first-order valence-electron chi connectivity index (χ1n) is 11.9. The van der Waals surface area contributed by atoms with Gasteiger partial charge in [0, 0.05) is 41.5 Å². The first-order valence-corrected chi connectivity index (χ1v) is 11.9. The molecule has 0 spiro atoms. The Balaban J connectivity index is 6.91. The van der Waals surface area contributed by atoms with Crippen molar-refractivity contribution in [3.05, 3.63) is 4.85 Å². The Bertz CT molecular complexity index is 1000. The molecule has 39 heavy (non-hydrogen) atoms. The second-order valence-corrected chi connectivity index (χ2v) is 8.52. The van der Waals surface area contributed by atoms with E-state index in [2.05, 4.69) is 21.1 Å². The molecule has 0 radical (unpaired) electrons. The summed E-state index contributed by atoms with van der Waals surface area (Å²) in [7, 11) is 0. The molecule has 0 saturated heterocycles. The van der Waals surface area contributed by atoms with Gasteiger partial charge >= 0.3 is 47.7 Å². The molecule has 15 nitrogen and oxygen atoms in total. The fraction of sp³-hybridized carbons (Fsp3) is 0.708. The van der Waals surface area contributed by atoms with Gasteiger partial charge in [-0.2, -0.15) is 0 Å². The lowest BCUT2D eigenvalue weighted by atomic mass is 9.99. The molecular weight excluding hydrogens is 522 g/mol. The fourth-order valence-corrected chi connectivity index (χ4v) is 2.75. The zero-order valence-electron chi connectivity index (χ0n) is 23.5. The summed E-state index contributed by atoms with van der Waals surface area (Å²) in [5, 5.41) is 7.40. The van der Waals surface area contributed by atoms with Crippen LogP contribution in [0.5, 0.6) is 0 Å². The number of carbonyl (C=O) groups is 6. The molecule has 15 heteroatoms. The van der Waals surface area contributed by atoms with Crippen LogP contribution in [-0.2, 0) is 52.4 Å². The number of esters is 5. The minimum Gasteiger partial charge on any atom is -0.462 e. The van der Waals surface area contributed by atoms with Crippen molar-refractivity contribution in [2.75, 3.05) is 13.2 Å². The van der Waals surface area contributed by atoms with Crippen LogP contribution < -0.4 is 0 Å². The predicted molar refractivity (Wildman–Crippen MR) is 131 cm³/mol. The number of azo groups is 1. The van der Waals surface area contributed by atoms with Crippen molar-refractivity contribution in [1.29, 1.82) is 0 Å². The summed E-state index contributed by atoms with van der Waals surface area (Å²) in [5.74, 6) is -4.66. The van der Waals surface area contributed by atoms with Gasteiger partial charge in [-0.25, -0.2) is 4.79 Å². The molecule has 0 aliphatic heterocycles. The zero-order valence-corrected chi connectivity index (χ0v) is 23.5. The van der Waals surface area contributed by atoms with Crippen molar-refractivity contribution in [2.45, 2.75) is 92.4 Å². The van der Waals surface area contributed by atoms with Crippen molar-refractivity contribution in [2.24, 2.45) is 16.1 Å². The molecule has 0 heterocycles. The van der Waals surface area contributed by atoms with Gasteiger partial charge in [-0.1, -0.05) is 24.1 Å². The highest BCUT2D eigenvalue weighted by atomic mass is 16.6. The highest BCUT2D eigenvalue weighted by Crippen LogP contribution is 2.26. The standard InChI is InChI=1S/C24H36N3O12/c1-10-34-23(33)26-27-24(9,13(2)3)25-11-19(36-15(5)29)21(38-17(7)31)22(39-18(8)32)20(37-16(6)30)12-35-14(4)28/h13,19-22H,10,12H2,1-9H3/q+1/b27-26+/t19-,20-,21+,22-,24+/m1/s1. The van der Waals surface area contributed by atoms with Crippen molar-refractivity contribution < 1.29 is 57.2 Å². The summed E-state index contributed by atoms with van der Waals surface area (Å²) < 4.78 is 30.7. The van der Waals surface area contributed by atoms with Crippen LogP contribution in [0.15, 0.2) is 10.2 Å². The molecule has 0 aromatic carbocycles. The average Bonchev–Trinajstić information content (AvgIpc) is 2.79. The highest BCUT2D eigenvalue weighted by molar-refractivity contribution is 5.70. The maximum atomic E-state index is 12.1. The van der Waals surface area contributed by atoms with Crippen molar-refractivity contribution in [3.63, 3.8) is 0 Å². The Kier molecular flexibility index (Phi) is 14.9. The zero-order chi connectivity index (χ0) is 30.3. The van der Waals surface area contributed by atoms with Gasteiger partial charge in [0.25, 0.3) is 6.10 Å². The normalized spacial score (nSPS) is 15.3. The van der Waals surface area contributed by atoms with Gasteiger partial charge in [-0.3, -0.25) is 24.0 Å². The topological polar surface area (TPSA) is 187 Å². The van der Waals surface area contributed by atoms with Gasteiger partial charge in [0.1, 0.15) is 6.61 Å². The van der Waals surface area contributed by atoms with Crippen LogP contribution in [0, 0.1) is 12.0 Å². The smallest absolute Gasteiger partial charge is 0.452 e. The number of ether oxygens (including phenoxy) is 6. The second-order valence-electron chi connectivity index (χ2n) is 8.52. The minimum absolute atomic E-state index is 0.0681. The summed E-state index contributed by atoms with van der Waals surface area (Å²) >= 11 is 0. The van der Waals surface area contributed by atoms with Crippen molar-refractivity contribution >= 4 is 35.9 Å². The molecule has 0 aliphatic carbocycles. The second kappa shape index (κ2) is 16.7. The van der Waals surface area contributed by atoms with Crippen molar-refractivity contribution in [3.8, 4) is 6.07 Å². The molecular formula is C24H36N3O12+. The van der Waals surface area contributed by atoms with Crippen LogP contribution >= 0.6 is 0 Å². The van der Waals surface area contributed by atoms with Crippen LogP contribution in [0.3, 0.4) is 0 Å². The van der Waals surface area contributed by atoms with Crippen LogP contribution in [0.25, 0.3) is 4.85 Å². The average molecular weight is 559 g/mol. The minimum atomic E-state index is -1.70. The third-order valence-electron chi connectivity index (χ3n) is 4.77. The summed E-state index contributed by atoms with van der Waals surface area (Å²) in [5.41, 5.74) is -1.45. The van der Waals surface area contributed by atoms with E-state index in [0.717, 1.165) is 34.6 Å². The van der Waals surface area contributed by atoms with Gasteiger partial charge in [0.05, 0.1) is 12.5 Å². The lowest BCUT2D eigenvalue weighted by molar-refractivity contribution is -0.198. The molecule has 0 N–H and O–H groups in total. The van der Waals surface area contributed by atoms with Gasteiger partial charge in [0.2, 0.25) is 0 Å². The lowest BCUT2D eigenvalue weighted by Gasteiger charge is -2.32. The molecule has 0 bridgehead atoms. The Morgan fingerprint density at radius 2 is 1.28 bits per heavy atom. The molecule has 0 fully saturated rings. The number of hydrogen-bond donors (Lipinski definition) is 0. The SMILES string of the molecule is CCOC(=O)/N=N/[C@](C)([N+]#C[C@@H](OC(C)=O)[C@H](OC(C)=O)[C@H](OC(C)=O)[C@@H](COC(C)=O)OC(C)=O)C(C)C. The lowest BCUT2D eigenvalue weighted by Crippen LogP contribution is -2.52. The first-order chi connectivity index (χ1) is 18.0. The Morgan fingerprint density at radius 1 is 0.769 bits per heavy atom. The number of nitrogens with zero attached hydrogens (tertiary/aromatic N) is 3. The molecule has 218 valence electrons. The van der Waals surface area contributed by atoms with E-state index in [1.165, 1.54) is 6.92 Å². The van der Waals surface area contributed by atoms with E-state index in [1.807, 2.05) is 0 Å². The number of rotatable bonds is 12. The van der Waals surface area contributed by atoms with E-state index in [0.29, 0.717) is 0 Å². The third kappa shape index (κ3) is 13.9. The molecule has 0 aliphatic rings. The van der Waals surface area contributed by atoms with Crippen LogP contribution in [0.4, 0.5) is 4.79 Å². The maximum Gasteiger partial charge on any atom is 0.452 e. The third-order valence-corrected chi connectivity index (χ3v) is 4.77. The summed E-state index contributed by atoms with van der Waals surface area (Å²) in [6.45, 7) is 11.2. The van der Waals surface area contributed by atoms with Crippen LogP contribution in [-0.4, -0.2) is 79.2 Å². The summed E-state index contributed by atoms with van der Waals surface area (Å²) in [6, 6.07) is 2.52. The van der Waals surface area contributed by atoms with Gasteiger partial charge in [-0.05, 0) is 11.8 Å². The quantitative estimate of drug-likeness (QED) is 0.194. The molecule has 0 aromatic rings. The Hall–Kier alpha value is -4.09. The molecule has 0 aromatic heterocycles. The van der Waals surface area contributed by atoms with E-state index in [1.54, 1.807) is 20.8 Å². The molecule has 0 saturated carbocycles.